The molecule has 2 aromatic rings. The number of anilines is 2. The van der Waals surface area contributed by atoms with E-state index in [9.17, 15) is 0 Å². The minimum Gasteiger partial charge on any atom is -0.398 e. The number of rotatable bonds is 4. The number of hydrogen-bond acceptors (Lipinski definition) is 4. The molecule has 0 saturated heterocycles. The van der Waals surface area contributed by atoms with Crippen LogP contribution in [-0.2, 0) is 6.54 Å². The summed E-state index contributed by atoms with van der Waals surface area (Å²) in [6.45, 7) is 4.81. The molecule has 1 aromatic carbocycles. The lowest BCUT2D eigenvalue weighted by atomic mass is 10.1. The molecule has 0 radical (unpaired) electrons. The van der Waals surface area contributed by atoms with Gasteiger partial charge >= 0.3 is 0 Å². The second-order valence-electron chi connectivity index (χ2n) is 5.48. The standard InChI is InChI=1S/C16H20N4/c1-11-9-18-12(2)16(19-11)20(14-7-8-14)10-13-5-3-4-6-15(13)17/h3-6,9,14H,7-8,10,17H2,1-2H3. The van der Waals surface area contributed by atoms with Crippen molar-refractivity contribution >= 4 is 11.5 Å². The van der Waals surface area contributed by atoms with Crippen LogP contribution in [0.5, 0.6) is 0 Å². The van der Waals surface area contributed by atoms with Gasteiger partial charge in [-0.25, -0.2) is 4.98 Å². The fourth-order valence-corrected chi connectivity index (χ4v) is 2.42. The topological polar surface area (TPSA) is 55.0 Å². The van der Waals surface area contributed by atoms with Crippen molar-refractivity contribution in [3.05, 3.63) is 47.4 Å². The predicted molar refractivity (Wildman–Crippen MR) is 81.6 cm³/mol. The Hall–Kier alpha value is -2.10. The van der Waals surface area contributed by atoms with Gasteiger partial charge in [-0.15, -0.1) is 0 Å². The molecular formula is C16H20N4. The van der Waals surface area contributed by atoms with Crippen LogP contribution < -0.4 is 10.6 Å². The van der Waals surface area contributed by atoms with Crippen LogP contribution >= 0.6 is 0 Å². The average molecular weight is 268 g/mol. The van der Waals surface area contributed by atoms with Crippen molar-refractivity contribution in [3.8, 4) is 0 Å². The van der Waals surface area contributed by atoms with E-state index in [0.717, 1.165) is 35.0 Å². The van der Waals surface area contributed by atoms with E-state index >= 15 is 0 Å². The predicted octanol–water partition coefficient (Wildman–Crippen LogP) is 2.84. The normalized spacial score (nSPS) is 14.3. The Bertz CT molecular complexity index is 620. The molecule has 1 saturated carbocycles. The van der Waals surface area contributed by atoms with Gasteiger partial charge in [0, 0.05) is 24.5 Å². The van der Waals surface area contributed by atoms with Crippen LogP contribution in [0.3, 0.4) is 0 Å². The highest BCUT2D eigenvalue weighted by Crippen LogP contribution is 2.33. The van der Waals surface area contributed by atoms with Crippen molar-refractivity contribution in [2.45, 2.75) is 39.3 Å². The van der Waals surface area contributed by atoms with Gasteiger partial charge < -0.3 is 10.6 Å². The molecule has 1 fully saturated rings. The molecule has 4 nitrogen and oxygen atoms in total. The molecule has 4 heteroatoms. The molecule has 0 amide bonds. The Balaban J connectivity index is 1.94. The third-order valence-corrected chi connectivity index (χ3v) is 3.71. The summed E-state index contributed by atoms with van der Waals surface area (Å²) in [5.74, 6) is 0.996. The highest BCUT2D eigenvalue weighted by molar-refractivity contribution is 5.52. The average Bonchev–Trinajstić information content (AvgIpc) is 3.25. The third-order valence-electron chi connectivity index (χ3n) is 3.71. The van der Waals surface area contributed by atoms with Crippen molar-refractivity contribution in [2.24, 2.45) is 0 Å². The summed E-state index contributed by atoms with van der Waals surface area (Å²) in [6.07, 6.45) is 4.27. The Kier molecular flexibility index (Phi) is 3.30. The summed E-state index contributed by atoms with van der Waals surface area (Å²) in [5.41, 5.74) is 10.0. The fraction of sp³-hybridized carbons (Fsp3) is 0.375. The number of hydrogen-bond donors (Lipinski definition) is 1. The molecule has 2 N–H and O–H groups in total. The van der Waals surface area contributed by atoms with Crippen molar-refractivity contribution in [1.29, 1.82) is 0 Å². The molecule has 0 atom stereocenters. The maximum absolute atomic E-state index is 6.07. The maximum atomic E-state index is 6.07. The first kappa shape index (κ1) is 12.9. The van der Waals surface area contributed by atoms with Crippen molar-refractivity contribution < 1.29 is 0 Å². The van der Waals surface area contributed by atoms with Gasteiger partial charge in [-0.1, -0.05) is 18.2 Å². The van der Waals surface area contributed by atoms with E-state index in [-0.39, 0.29) is 0 Å². The Morgan fingerprint density at radius 3 is 2.70 bits per heavy atom. The first-order valence-electron chi connectivity index (χ1n) is 7.05. The molecule has 1 aliphatic rings. The quantitative estimate of drug-likeness (QED) is 0.866. The van der Waals surface area contributed by atoms with Crippen molar-refractivity contribution in [3.63, 3.8) is 0 Å². The summed E-state index contributed by atoms with van der Waals surface area (Å²) >= 11 is 0. The summed E-state index contributed by atoms with van der Waals surface area (Å²) in [6, 6.07) is 8.62. The van der Waals surface area contributed by atoms with Gasteiger partial charge in [0.15, 0.2) is 5.82 Å². The van der Waals surface area contributed by atoms with E-state index in [4.69, 9.17) is 5.73 Å². The van der Waals surface area contributed by atoms with Gasteiger partial charge in [0.25, 0.3) is 0 Å². The lowest BCUT2D eigenvalue weighted by Crippen LogP contribution is -2.27. The molecule has 0 bridgehead atoms. The van der Waals surface area contributed by atoms with Gasteiger partial charge in [0.1, 0.15) is 0 Å². The zero-order valence-corrected chi connectivity index (χ0v) is 12.0. The molecular weight excluding hydrogens is 248 g/mol. The van der Waals surface area contributed by atoms with Gasteiger partial charge in [0.05, 0.1) is 11.4 Å². The first-order chi connectivity index (χ1) is 9.65. The minimum absolute atomic E-state index is 0.574. The highest BCUT2D eigenvalue weighted by atomic mass is 15.2. The second kappa shape index (κ2) is 5.12. The number of nitrogens with zero attached hydrogens (tertiary/aromatic N) is 3. The lowest BCUT2D eigenvalue weighted by molar-refractivity contribution is 0.765. The van der Waals surface area contributed by atoms with Gasteiger partial charge in [-0.3, -0.25) is 4.98 Å². The number of aromatic nitrogens is 2. The van der Waals surface area contributed by atoms with Crippen LogP contribution in [0.25, 0.3) is 0 Å². The summed E-state index contributed by atoms with van der Waals surface area (Å²) in [4.78, 5) is 11.5. The Morgan fingerprint density at radius 2 is 2.00 bits per heavy atom. The van der Waals surface area contributed by atoms with Crippen molar-refractivity contribution in [1.82, 2.24) is 9.97 Å². The van der Waals surface area contributed by atoms with Crippen LogP contribution in [0.15, 0.2) is 30.5 Å². The van der Waals surface area contributed by atoms with Gasteiger partial charge in [0.2, 0.25) is 0 Å². The van der Waals surface area contributed by atoms with E-state index in [2.05, 4.69) is 20.9 Å². The molecule has 104 valence electrons. The number of para-hydroxylation sites is 1. The lowest BCUT2D eigenvalue weighted by Gasteiger charge is -2.25. The smallest absolute Gasteiger partial charge is 0.150 e. The number of nitrogens with two attached hydrogens (primary N) is 1. The van der Waals surface area contributed by atoms with E-state index < -0.39 is 0 Å². The Labute approximate surface area is 119 Å². The molecule has 3 rings (SSSR count). The van der Waals surface area contributed by atoms with E-state index in [1.807, 2.05) is 38.2 Å². The molecule has 20 heavy (non-hydrogen) atoms. The second-order valence-corrected chi connectivity index (χ2v) is 5.48. The number of nitrogen functional groups attached to an aromatic ring is 1. The number of aryl methyl sites for hydroxylation is 2. The van der Waals surface area contributed by atoms with Gasteiger partial charge in [-0.05, 0) is 38.3 Å². The SMILES string of the molecule is Cc1cnc(C)c(N(Cc2ccccc2N)C2CC2)n1. The van der Waals surface area contributed by atoms with Crippen molar-refractivity contribution in [2.75, 3.05) is 10.6 Å². The molecule has 1 aliphatic carbocycles. The molecule has 1 aromatic heterocycles. The largest absolute Gasteiger partial charge is 0.398 e. The summed E-state index contributed by atoms with van der Waals surface area (Å²) in [5, 5.41) is 0. The summed E-state index contributed by atoms with van der Waals surface area (Å²) < 4.78 is 0. The highest BCUT2D eigenvalue weighted by Gasteiger charge is 2.31. The number of benzene rings is 1. The van der Waals surface area contributed by atoms with E-state index in [0.29, 0.717) is 6.04 Å². The third kappa shape index (κ3) is 2.59. The zero-order chi connectivity index (χ0) is 14.1. The molecule has 0 aliphatic heterocycles. The van der Waals surface area contributed by atoms with Crippen LogP contribution in [0.2, 0.25) is 0 Å². The van der Waals surface area contributed by atoms with Crippen LogP contribution in [0, 0.1) is 13.8 Å². The minimum atomic E-state index is 0.574. The first-order valence-corrected chi connectivity index (χ1v) is 7.05. The van der Waals surface area contributed by atoms with E-state index in [1.54, 1.807) is 0 Å². The summed E-state index contributed by atoms with van der Waals surface area (Å²) in [7, 11) is 0. The zero-order valence-electron chi connectivity index (χ0n) is 12.0. The molecule has 1 heterocycles. The van der Waals surface area contributed by atoms with Crippen LogP contribution in [0.1, 0.15) is 29.8 Å². The van der Waals surface area contributed by atoms with Gasteiger partial charge in [-0.2, -0.15) is 0 Å². The van der Waals surface area contributed by atoms with Crippen LogP contribution in [0.4, 0.5) is 11.5 Å². The van der Waals surface area contributed by atoms with Crippen LogP contribution in [-0.4, -0.2) is 16.0 Å². The maximum Gasteiger partial charge on any atom is 0.150 e. The molecule has 0 spiro atoms. The molecule has 0 unspecified atom stereocenters. The van der Waals surface area contributed by atoms with E-state index in [1.165, 1.54) is 12.8 Å². The fourth-order valence-electron chi connectivity index (χ4n) is 2.42. The monoisotopic (exact) mass is 268 g/mol. The Morgan fingerprint density at radius 1 is 1.25 bits per heavy atom.